The van der Waals surface area contributed by atoms with Gasteiger partial charge in [0.15, 0.2) is 0 Å². The van der Waals surface area contributed by atoms with Crippen molar-refractivity contribution in [2.75, 3.05) is 0 Å². The van der Waals surface area contributed by atoms with Crippen LogP contribution in [0.3, 0.4) is 0 Å². The average Bonchev–Trinajstić information content (AvgIpc) is 2.13. The molecular weight excluding hydrogens is 214 g/mol. The van der Waals surface area contributed by atoms with Gasteiger partial charge in [0.1, 0.15) is 6.10 Å². The Kier molecular flexibility index (Phi) is 4.84. The molecule has 3 nitrogen and oxygen atoms in total. The Balaban J connectivity index is 2.43. The first-order valence-electron chi connectivity index (χ1n) is 6.79. The molecule has 100 valence electrons. The van der Waals surface area contributed by atoms with Crippen LogP contribution >= 0.6 is 0 Å². The van der Waals surface area contributed by atoms with Crippen LogP contribution in [0.4, 0.5) is 4.79 Å². The van der Waals surface area contributed by atoms with Gasteiger partial charge in [-0.2, -0.15) is 0 Å². The maximum absolute atomic E-state index is 11.7. The number of hydrogen-bond donors (Lipinski definition) is 1. The number of amides is 1. The van der Waals surface area contributed by atoms with Gasteiger partial charge in [-0.3, -0.25) is 0 Å². The van der Waals surface area contributed by atoms with Crippen molar-refractivity contribution in [1.82, 2.24) is 5.32 Å². The molecule has 0 saturated heterocycles. The second kappa shape index (κ2) is 5.74. The summed E-state index contributed by atoms with van der Waals surface area (Å²) in [5.74, 6) is 0.639. The highest BCUT2D eigenvalue weighted by atomic mass is 16.6. The predicted molar refractivity (Wildman–Crippen MR) is 70.0 cm³/mol. The third-order valence-corrected chi connectivity index (χ3v) is 3.60. The molecule has 1 aliphatic rings. The lowest BCUT2D eigenvalue weighted by Gasteiger charge is -2.38. The highest BCUT2D eigenvalue weighted by Gasteiger charge is 2.34. The van der Waals surface area contributed by atoms with E-state index in [4.69, 9.17) is 4.74 Å². The molecule has 1 unspecified atom stereocenters. The van der Waals surface area contributed by atoms with E-state index < -0.39 is 0 Å². The normalized spacial score (nSPS) is 29.5. The molecule has 3 atom stereocenters. The largest absolute Gasteiger partial charge is 0.446 e. The summed E-state index contributed by atoms with van der Waals surface area (Å²) in [7, 11) is 0. The summed E-state index contributed by atoms with van der Waals surface area (Å²) in [6, 6.07) is 0.191. The van der Waals surface area contributed by atoms with Gasteiger partial charge in [0, 0.05) is 6.04 Å². The molecule has 17 heavy (non-hydrogen) atoms. The Morgan fingerprint density at radius 2 is 2.12 bits per heavy atom. The standard InChI is InChI=1S/C14H27NO2/c1-6-11(3)15-13(16)17-12-7-10(2)8-14(4,5)9-12/h10-12H,6-9H2,1-5H3,(H,15,16)/t10-,11?,12+/m0/s1. The Morgan fingerprint density at radius 3 is 2.65 bits per heavy atom. The van der Waals surface area contributed by atoms with Crippen molar-refractivity contribution in [3.63, 3.8) is 0 Å². The second-order valence-corrected chi connectivity index (χ2v) is 6.39. The topological polar surface area (TPSA) is 38.3 Å². The van der Waals surface area contributed by atoms with Crippen LogP contribution in [0.25, 0.3) is 0 Å². The summed E-state index contributed by atoms with van der Waals surface area (Å²) in [5, 5.41) is 2.86. The lowest BCUT2D eigenvalue weighted by atomic mass is 9.71. The Morgan fingerprint density at radius 1 is 1.47 bits per heavy atom. The predicted octanol–water partition coefficient (Wildman–Crippen LogP) is 3.73. The lowest BCUT2D eigenvalue weighted by molar-refractivity contribution is 0.0177. The number of rotatable bonds is 3. The van der Waals surface area contributed by atoms with Gasteiger partial charge in [0.2, 0.25) is 0 Å². The first-order valence-corrected chi connectivity index (χ1v) is 6.79. The molecule has 0 radical (unpaired) electrons. The third kappa shape index (κ3) is 4.97. The fraction of sp³-hybridized carbons (Fsp3) is 0.929. The first kappa shape index (κ1) is 14.3. The molecule has 0 heterocycles. The van der Waals surface area contributed by atoms with Gasteiger partial charge in [-0.15, -0.1) is 0 Å². The molecule has 0 aromatic rings. The van der Waals surface area contributed by atoms with Crippen LogP contribution in [-0.2, 0) is 4.74 Å². The van der Waals surface area contributed by atoms with E-state index in [2.05, 4.69) is 33.0 Å². The van der Waals surface area contributed by atoms with Crippen LogP contribution in [0, 0.1) is 11.3 Å². The zero-order valence-electron chi connectivity index (χ0n) is 11.9. The Bertz CT molecular complexity index is 263. The van der Waals surface area contributed by atoms with Gasteiger partial charge in [-0.25, -0.2) is 4.79 Å². The van der Waals surface area contributed by atoms with E-state index in [0.29, 0.717) is 11.3 Å². The van der Waals surface area contributed by atoms with Gasteiger partial charge in [0.25, 0.3) is 0 Å². The molecule has 0 aliphatic heterocycles. The molecule has 1 aliphatic carbocycles. The quantitative estimate of drug-likeness (QED) is 0.817. The van der Waals surface area contributed by atoms with E-state index in [1.807, 2.05) is 6.92 Å². The van der Waals surface area contributed by atoms with Crippen LogP contribution in [0.15, 0.2) is 0 Å². The summed E-state index contributed by atoms with van der Waals surface area (Å²) in [5.41, 5.74) is 0.291. The van der Waals surface area contributed by atoms with Crippen LogP contribution in [0.1, 0.15) is 60.3 Å². The molecule has 0 spiro atoms. The maximum atomic E-state index is 11.7. The number of carbonyl (C=O) groups is 1. The number of ether oxygens (including phenoxy) is 1. The van der Waals surface area contributed by atoms with Crippen LogP contribution in [0.2, 0.25) is 0 Å². The summed E-state index contributed by atoms with van der Waals surface area (Å²) < 4.78 is 5.52. The van der Waals surface area contributed by atoms with Crippen molar-refractivity contribution < 1.29 is 9.53 Å². The maximum Gasteiger partial charge on any atom is 0.407 e. The van der Waals surface area contributed by atoms with Crippen molar-refractivity contribution >= 4 is 6.09 Å². The first-order chi connectivity index (χ1) is 7.82. The molecule has 1 rings (SSSR count). The van der Waals surface area contributed by atoms with E-state index in [1.165, 1.54) is 6.42 Å². The van der Waals surface area contributed by atoms with Crippen molar-refractivity contribution in [2.45, 2.75) is 72.4 Å². The smallest absolute Gasteiger partial charge is 0.407 e. The zero-order chi connectivity index (χ0) is 13.1. The Hall–Kier alpha value is -0.730. The van der Waals surface area contributed by atoms with Crippen LogP contribution in [0.5, 0.6) is 0 Å². The molecule has 0 aromatic heterocycles. The fourth-order valence-electron chi connectivity index (χ4n) is 2.84. The SMILES string of the molecule is CCC(C)NC(=O)O[C@@H]1C[C@H](C)CC(C)(C)C1. The Labute approximate surface area is 105 Å². The van der Waals surface area contributed by atoms with E-state index in [-0.39, 0.29) is 18.2 Å². The van der Waals surface area contributed by atoms with Crippen molar-refractivity contribution in [1.29, 1.82) is 0 Å². The fourth-order valence-corrected chi connectivity index (χ4v) is 2.84. The summed E-state index contributed by atoms with van der Waals surface area (Å²) in [6.45, 7) is 10.8. The molecule has 0 aromatic carbocycles. The minimum Gasteiger partial charge on any atom is -0.446 e. The number of nitrogens with one attached hydrogen (secondary N) is 1. The molecule has 1 saturated carbocycles. The van der Waals surface area contributed by atoms with E-state index in [0.717, 1.165) is 19.3 Å². The molecule has 1 N–H and O–H groups in total. The monoisotopic (exact) mass is 241 g/mol. The minimum atomic E-state index is -0.255. The minimum absolute atomic E-state index is 0.0813. The van der Waals surface area contributed by atoms with E-state index in [1.54, 1.807) is 0 Å². The van der Waals surface area contributed by atoms with Gasteiger partial charge in [-0.05, 0) is 43.9 Å². The summed E-state index contributed by atoms with van der Waals surface area (Å²) in [4.78, 5) is 11.7. The van der Waals surface area contributed by atoms with Gasteiger partial charge < -0.3 is 10.1 Å². The van der Waals surface area contributed by atoms with Gasteiger partial charge in [0.05, 0.1) is 0 Å². The molecular formula is C14H27NO2. The zero-order valence-corrected chi connectivity index (χ0v) is 11.9. The van der Waals surface area contributed by atoms with Crippen LogP contribution in [-0.4, -0.2) is 18.2 Å². The lowest BCUT2D eigenvalue weighted by Crippen LogP contribution is -2.39. The number of alkyl carbamates (subject to hydrolysis) is 1. The molecule has 1 amide bonds. The summed E-state index contributed by atoms with van der Waals surface area (Å²) in [6.07, 6.45) is 3.96. The molecule has 0 bridgehead atoms. The van der Waals surface area contributed by atoms with Gasteiger partial charge in [-0.1, -0.05) is 27.7 Å². The highest BCUT2D eigenvalue weighted by Crippen LogP contribution is 2.39. The summed E-state index contributed by atoms with van der Waals surface area (Å²) >= 11 is 0. The highest BCUT2D eigenvalue weighted by molar-refractivity contribution is 5.67. The van der Waals surface area contributed by atoms with Gasteiger partial charge >= 0.3 is 6.09 Å². The van der Waals surface area contributed by atoms with Crippen molar-refractivity contribution in [3.8, 4) is 0 Å². The van der Waals surface area contributed by atoms with Crippen molar-refractivity contribution in [2.24, 2.45) is 11.3 Å². The molecule has 1 fully saturated rings. The van der Waals surface area contributed by atoms with E-state index in [9.17, 15) is 4.79 Å². The molecule has 3 heteroatoms. The third-order valence-electron chi connectivity index (χ3n) is 3.60. The van der Waals surface area contributed by atoms with Crippen LogP contribution < -0.4 is 5.32 Å². The van der Waals surface area contributed by atoms with Crippen molar-refractivity contribution in [3.05, 3.63) is 0 Å². The number of hydrogen-bond acceptors (Lipinski definition) is 2. The van der Waals surface area contributed by atoms with E-state index >= 15 is 0 Å². The second-order valence-electron chi connectivity index (χ2n) is 6.39. The number of carbonyl (C=O) groups excluding carboxylic acids is 1. The average molecular weight is 241 g/mol.